The Morgan fingerprint density at radius 3 is 2.60 bits per heavy atom. The highest BCUT2D eigenvalue weighted by molar-refractivity contribution is 5.77. The molecule has 0 amide bonds. The highest BCUT2D eigenvalue weighted by Gasteiger charge is 2.22. The second-order valence-corrected chi connectivity index (χ2v) is 3.58. The van der Waals surface area contributed by atoms with Crippen molar-refractivity contribution < 1.29 is 28.5 Å². The minimum Gasteiger partial charge on any atom is -0.189 e. The smallest absolute Gasteiger partial charge is 0.189 e. The monoisotopic (exact) mass is 228 g/mol. The van der Waals surface area contributed by atoms with Crippen molar-refractivity contribution in [2.24, 2.45) is 0 Å². The van der Waals surface area contributed by atoms with Gasteiger partial charge in [-0.05, 0) is 10.4 Å². The summed E-state index contributed by atoms with van der Waals surface area (Å²) in [6, 6.07) is 6.43. The van der Waals surface area contributed by atoms with Crippen molar-refractivity contribution in [3.63, 3.8) is 0 Å². The van der Waals surface area contributed by atoms with Crippen molar-refractivity contribution in [1.82, 2.24) is 9.97 Å². The molecule has 0 bridgehead atoms. The van der Waals surface area contributed by atoms with E-state index in [1.165, 1.54) is 6.20 Å². The summed E-state index contributed by atoms with van der Waals surface area (Å²) in [5.41, 5.74) is 0.501. The topological polar surface area (TPSA) is 104 Å². The fourth-order valence-electron chi connectivity index (χ4n) is 1.08. The summed E-state index contributed by atoms with van der Waals surface area (Å²) in [5.74, 6) is 0. The number of hydrogen-bond donors (Lipinski definition) is 0. The van der Waals surface area contributed by atoms with Crippen molar-refractivity contribution in [3.05, 3.63) is 30.5 Å². The van der Waals surface area contributed by atoms with Gasteiger partial charge >= 0.3 is 6.01 Å². The fourth-order valence-corrected chi connectivity index (χ4v) is 1.32. The highest BCUT2D eigenvalue weighted by atomic mass is 35.7. The summed E-state index contributed by atoms with van der Waals surface area (Å²) in [4.78, 5) is 7.31. The first kappa shape index (κ1) is 10.1. The van der Waals surface area contributed by atoms with Crippen LogP contribution in [0.25, 0.3) is 10.9 Å². The van der Waals surface area contributed by atoms with Gasteiger partial charge in [-0.1, -0.05) is 18.2 Å². The van der Waals surface area contributed by atoms with Crippen LogP contribution < -0.4 is 18.3 Å². The third-order valence-corrected chi connectivity index (χ3v) is 1.96. The molecule has 0 fully saturated rings. The Labute approximate surface area is 86.5 Å². The molecule has 0 saturated carbocycles. The van der Waals surface area contributed by atoms with Gasteiger partial charge in [0.2, 0.25) is 0 Å². The van der Waals surface area contributed by atoms with Crippen LogP contribution in [0.3, 0.4) is 0 Å². The average molecular weight is 229 g/mol. The predicted molar refractivity (Wildman–Crippen MR) is 40.2 cm³/mol. The van der Waals surface area contributed by atoms with E-state index in [1.54, 1.807) is 24.3 Å². The van der Waals surface area contributed by atoms with Gasteiger partial charge in [0.05, 0.1) is 5.52 Å². The van der Waals surface area contributed by atoms with Crippen LogP contribution >= 0.6 is 0 Å². The van der Waals surface area contributed by atoms with Gasteiger partial charge in [-0.25, -0.2) is 0 Å². The van der Waals surface area contributed by atoms with Gasteiger partial charge in [-0.15, -0.1) is 0 Å². The van der Waals surface area contributed by atoms with Gasteiger partial charge in [-0.2, -0.15) is 23.9 Å². The normalized spacial score (nSPS) is 11.7. The van der Waals surface area contributed by atoms with E-state index in [4.69, 9.17) is 0 Å². The lowest BCUT2D eigenvalue weighted by Gasteiger charge is -2.10. The molecule has 0 aliphatic heterocycles. The SMILES string of the molecule is [O-][Cl+3]([O-])([O-])Oc1ncc2ccccc2n1. The Kier molecular flexibility index (Phi) is 2.41. The summed E-state index contributed by atoms with van der Waals surface area (Å²) < 4.78 is 34.7. The van der Waals surface area contributed by atoms with Gasteiger partial charge in [0, 0.05) is 11.6 Å². The van der Waals surface area contributed by atoms with Crippen LogP contribution in [0.15, 0.2) is 30.5 Å². The molecular weight excluding hydrogens is 224 g/mol. The molecule has 7 heteroatoms. The molecule has 15 heavy (non-hydrogen) atoms. The van der Waals surface area contributed by atoms with Crippen LogP contribution in [-0.2, 0) is 0 Å². The summed E-state index contributed by atoms with van der Waals surface area (Å²) >= 11 is 0. The lowest BCUT2D eigenvalue weighted by molar-refractivity contribution is -1.91. The largest absolute Gasteiger partial charge is 0.480 e. The van der Waals surface area contributed by atoms with Gasteiger partial charge < -0.3 is 0 Å². The first-order valence-electron chi connectivity index (χ1n) is 3.87. The predicted octanol–water partition coefficient (Wildman–Crippen LogP) is -2.09. The second kappa shape index (κ2) is 3.59. The molecule has 2 aromatic rings. The zero-order valence-electron chi connectivity index (χ0n) is 7.29. The summed E-state index contributed by atoms with van der Waals surface area (Å²) in [5, 5.41) is 0.727. The molecule has 1 aromatic carbocycles. The lowest BCUT2D eigenvalue weighted by Crippen LogP contribution is -2.63. The van der Waals surface area contributed by atoms with E-state index in [9.17, 15) is 14.0 Å². The molecule has 1 heterocycles. The molecule has 0 aliphatic rings. The minimum atomic E-state index is -4.55. The maximum Gasteiger partial charge on any atom is 0.480 e. The molecule has 2 rings (SSSR count). The zero-order valence-corrected chi connectivity index (χ0v) is 8.05. The number of para-hydroxylation sites is 1. The summed E-state index contributed by atoms with van der Waals surface area (Å²) in [7, 11) is -4.55. The van der Waals surface area contributed by atoms with Crippen LogP contribution in [0.5, 0.6) is 6.01 Å². The molecule has 0 atom stereocenters. The Morgan fingerprint density at radius 2 is 1.87 bits per heavy atom. The van der Waals surface area contributed by atoms with Gasteiger partial charge in [0.25, 0.3) is 0 Å². The second-order valence-electron chi connectivity index (χ2n) is 2.67. The molecule has 1 aromatic heterocycles. The van der Waals surface area contributed by atoms with Crippen molar-refractivity contribution in [3.8, 4) is 6.01 Å². The maximum atomic E-state index is 10.3. The van der Waals surface area contributed by atoms with E-state index >= 15 is 0 Å². The molecule has 0 N–H and O–H groups in total. The van der Waals surface area contributed by atoms with Crippen LogP contribution in [0.1, 0.15) is 0 Å². The first-order chi connectivity index (χ1) is 7.04. The number of nitrogens with zero attached hydrogens (tertiary/aromatic N) is 2. The fraction of sp³-hybridized carbons (Fsp3) is 0. The van der Waals surface area contributed by atoms with E-state index in [0.29, 0.717) is 5.52 Å². The number of hydrogen-bond acceptors (Lipinski definition) is 6. The zero-order chi connectivity index (χ0) is 10.9. The number of aromatic nitrogens is 2. The van der Waals surface area contributed by atoms with Crippen LogP contribution in [0.4, 0.5) is 0 Å². The van der Waals surface area contributed by atoms with Crippen molar-refractivity contribution in [1.29, 1.82) is 0 Å². The lowest BCUT2D eigenvalue weighted by atomic mass is 10.2. The molecule has 0 saturated heterocycles. The third kappa shape index (κ3) is 2.51. The Morgan fingerprint density at radius 1 is 1.13 bits per heavy atom. The maximum absolute atomic E-state index is 10.3. The van der Waals surface area contributed by atoms with E-state index < -0.39 is 16.3 Å². The van der Waals surface area contributed by atoms with E-state index in [0.717, 1.165) is 5.39 Å². The van der Waals surface area contributed by atoms with Crippen molar-refractivity contribution >= 4 is 10.9 Å². The number of fused-ring (bicyclic) bond motifs is 1. The van der Waals surface area contributed by atoms with Crippen LogP contribution in [0.2, 0.25) is 0 Å². The molecule has 6 nitrogen and oxygen atoms in total. The molecule has 0 unspecified atom stereocenters. The highest BCUT2D eigenvalue weighted by Crippen LogP contribution is 2.13. The minimum absolute atomic E-state index is 0.481. The van der Waals surface area contributed by atoms with E-state index in [2.05, 4.69) is 14.3 Å². The molecule has 0 spiro atoms. The van der Waals surface area contributed by atoms with Gasteiger partial charge in [-0.3, -0.25) is 0 Å². The molecule has 0 aliphatic carbocycles. The standard InChI is InChI=1S/C8H5ClN2O4/c12-9(13,14)15-8-10-5-6-3-1-2-4-7(6)11-8/h1-5H. The Balaban J connectivity index is 2.39. The van der Waals surface area contributed by atoms with E-state index in [1.807, 2.05) is 0 Å². The third-order valence-electron chi connectivity index (χ3n) is 1.63. The number of rotatable bonds is 2. The molecule has 78 valence electrons. The number of halogens is 1. The van der Waals surface area contributed by atoms with Gasteiger partial charge in [0.1, 0.15) is 10.2 Å². The summed E-state index contributed by atoms with van der Waals surface area (Å²) in [6.07, 6.45) is 1.37. The van der Waals surface area contributed by atoms with E-state index in [-0.39, 0.29) is 0 Å². The Hall–Kier alpha value is -1.47. The van der Waals surface area contributed by atoms with Crippen molar-refractivity contribution in [2.45, 2.75) is 0 Å². The quantitative estimate of drug-likeness (QED) is 0.584. The summed E-state index contributed by atoms with van der Waals surface area (Å²) in [6.45, 7) is 0. The van der Waals surface area contributed by atoms with Gasteiger partial charge in [0.15, 0.2) is 0 Å². The molecule has 0 radical (unpaired) electrons. The van der Waals surface area contributed by atoms with Crippen LogP contribution in [-0.4, -0.2) is 9.97 Å². The van der Waals surface area contributed by atoms with Crippen LogP contribution in [0, 0.1) is 10.2 Å². The first-order valence-corrected chi connectivity index (χ1v) is 5.10. The number of benzene rings is 1. The average Bonchev–Trinajstić information content (AvgIpc) is 2.15. The Bertz CT molecular complexity index is 485. The van der Waals surface area contributed by atoms with Crippen molar-refractivity contribution in [2.75, 3.05) is 0 Å². The molecular formula is C8H5ClN2O4.